The first-order valence-corrected chi connectivity index (χ1v) is 4.88. The highest BCUT2D eigenvalue weighted by Gasteiger charge is 2.17. The van der Waals surface area contributed by atoms with Crippen molar-refractivity contribution in [3.8, 4) is 0 Å². The fourth-order valence-electron chi connectivity index (χ4n) is 1.72. The highest BCUT2D eigenvalue weighted by Crippen LogP contribution is 2.28. The Morgan fingerprint density at radius 1 is 1.14 bits per heavy atom. The molecule has 0 amide bonds. The maximum atomic E-state index is 13.0. The number of hydrogen-bond donors (Lipinski definition) is 1. The van der Waals surface area contributed by atoms with Gasteiger partial charge in [-0.15, -0.1) is 0 Å². The minimum atomic E-state index is -0.504. The van der Waals surface area contributed by atoms with Gasteiger partial charge >= 0.3 is 0 Å². The van der Waals surface area contributed by atoms with E-state index in [2.05, 4.69) is 0 Å². The smallest absolute Gasteiger partial charge is 0.123 e. The molecular formula is C12H17FO. The molecule has 1 N–H and O–H groups in total. The molecule has 0 saturated heterocycles. The first kappa shape index (κ1) is 11.2. The minimum absolute atomic E-state index is 0.151. The fraction of sp³-hybridized carbons (Fsp3) is 0.500. The number of aryl methyl sites for hydroxylation is 2. The molecule has 0 fully saturated rings. The Morgan fingerprint density at radius 3 is 1.93 bits per heavy atom. The summed E-state index contributed by atoms with van der Waals surface area (Å²) < 4.78 is 13.0. The van der Waals surface area contributed by atoms with Crippen molar-refractivity contribution in [1.29, 1.82) is 0 Å². The van der Waals surface area contributed by atoms with Crippen molar-refractivity contribution in [3.63, 3.8) is 0 Å². The molecule has 14 heavy (non-hydrogen) atoms. The average molecular weight is 196 g/mol. The van der Waals surface area contributed by atoms with Crippen molar-refractivity contribution in [1.82, 2.24) is 0 Å². The molecule has 1 atom stereocenters. The Kier molecular flexibility index (Phi) is 3.27. The summed E-state index contributed by atoms with van der Waals surface area (Å²) >= 11 is 0. The van der Waals surface area contributed by atoms with E-state index in [1.165, 1.54) is 12.1 Å². The number of hydrogen-bond acceptors (Lipinski definition) is 1. The van der Waals surface area contributed by atoms with Gasteiger partial charge in [-0.25, -0.2) is 4.39 Å². The molecule has 0 heterocycles. The topological polar surface area (TPSA) is 20.2 Å². The van der Waals surface area contributed by atoms with E-state index in [9.17, 15) is 9.50 Å². The molecule has 1 nitrogen and oxygen atoms in total. The summed E-state index contributed by atoms with van der Waals surface area (Å²) in [5.41, 5.74) is 2.51. The quantitative estimate of drug-likeness (QED) is 0.770. The minimum Gasteiger partial charge on any atom is -0.388 e. The lowest BCUT2D eigenvalue weighted by molar-refractivity contribution is 0.125. The predicted octanol–water partition coefficient (Wildman–Crippen LogP) is 3.13. The highest BCUT2D eigenvalue weighted by atomic mass is 19.1. The molecule has 0 radical (unpaired) electrons. The molecule has 0 bridgehead atoms. The first-order chi connectivity index (χ1) is 6.43. The third-order valence-electron chi connectivity index (χ3n) is 2.49. The van der Waals surface area contributed by atoms with Crippen LogP contribution >= 0.6 is 0 Å². The molecule has 0 spiro atoms. The molecule has 1 unspecified atom stereocenters. The molecule has 0 saturated carbocycles. The van der Waals surface area contributed by atoms with E-state index in [1.807, 2.05) is 27.7 Å². The van der Waals surface area contributed by atoms with Crippen LogP contribution in [0.4, 0.5) is 4.39 Å². The van der Waals surface area contributed by atoms with Crippen molar-refractivity contribution in [2.24, 2.45) is 5.92 Å². The molecule has 78 valence electrons. The largest absolute Gasteiger partial charge is 0.388 e. The molecule has 0 aliphatic carbocycles. The van der Waals surface area contributed by atoms with Gasteiger partial charge in [0.15, 0.2) is 0 Å². The van der Waals surface area contributed by atoms with Gasteiger partial charge in [-0.1, -0.05) is 13.8 Å². The Hall–Kier alpha value is -0.890. The van der Waals surface area contributed by atoms with E-state index < -0.39 is 6.10 Å². The molecule has 1 aromatic carbocycles. The highest BCUT2D eigenvalue weighted by molar-refractivity contribution is 5.36. The summed E-state index contributed by atoms with van der Waals surface area (Å²) in [6.07, 6.45) is -0.504. The van der Waals surface area contributed by atoms with E-state index in [0.717, 1.165) is 16.7 Å². The number of rotatable bonds is 2. The first-order valence-electron chi connectivity index (χ1n) is 4.88. The van der Waals surface area contributed by atoms with Gasteiger partial charge in [0, 0.05) is 0 Å². The lowest BCUT2D eigenvalue weighted by Gasteiger charge is -2.19. The Balaban J connectivity index is 3.20. The monoisotopic (exact) mass is 196 g/mol. The molecular weight excluding hydrogens is 179 g/mol. The van der Waals surface area contributed by atoms with E-state index >= 15 is 0 Å². The van der Waals surface area contributed by atoms with Gasteiger partial charge in [-0.05, 0) is 48.6 Å². The van der Waals surface area contributed by atoms with Crippen LogP contribution in [0.25, 0.3) is 0 Å². The van der Waals surface area contributed by atoms with E-state index in [0.29, 0.717) is 0 Å². The zero-order chi connectivity index (χ0) is 10.9. The van der Waals surface area contributed by atoms with Gasteiger partial charge in [-0.2, -0.15) is 0 Å². The standard InChI is InChI=1S/C12H17FO/c1-7(2)12(14)11-8(3)5-10(13)6-9(11)4/h5-7,12,14H,1-4H3. The molecule has 1 rings (SSSR count). The third-order valence-corrected chi connectivity index (χ3v) is 2.49. The third kappa shape index (κ3) is 2.13. The van der Waals surface area contributed by atoms with Gasteiger partial charge in [0.05, 0.1) is 6.10 Å². The van der Waals surface area contributed by atoms with Crippen LogP contribution < -0.4 is 0 Å². The zero-order valence-corrected chi connectivity index (χ0v) is 9.13. The van der Waals surface area contributed by atoms with Crippen molar-refractivity contribution in [3.05, 3.63) is 34.6 Å². The van der Waals surface area contributed by atoms with Gasteiger partial charge in [-0.3, -0.25) is 0 Å². The van der Waals surface area contributed by atoms with Gasteiger partial charge in [0.25, 0.3) is 0 Å². The van der Waals surface area contributed by atoms with E-state index in [4.69, 9.17) is 0 Å². The maximum Gasteiger partial charge on any atom is 0.123 e. The van der Waals surface area contributed by atoms with Crippen molar-refractivity contribution < 1.29 is 9.50 Å². The Bertz CT molecular complexity index is 308. The van der Waals surface area contributed by atoms with E-state index in [1.54, 1.807) is 0 Å². The van der Waals surface area contributed by atoms with Crippen LogP contribution in [0, 0.1) is 25.6 Å². The van der Waals surface area contributed by atoms with Crippen LogP contribution in [-0.2, 0) is 0 Å². The second-order valence-corrected chi connectivity index (χ2v) is 4.14. The number of benzene rings is 1. The second kappa shape index (κ2) is 4.09. The maximum absolute atomic E-state index is 13.0. The molecule has 0 aromatic heterocycles. The summed E-state index contributed by atoms with van der Waals surface area (Å²) in [6.45, 7) is 7.56. The zero-order valence-electron chi connectivity index (χ0n) is 9.13. The summed E-state index contributed by atoms with van der Waals surface area (Å²) in [4.78, 5) is 0. The van der Waals surface area contributed by atoms with Crippen molar-refractivity contribution in [2.45, 2.75) is 33.8 Å². The van der Waals surface area contributed by atoms with Crippen molar-refractivity contribution >= 4 is 0 Å². The lowest BCUT2D eigenvalue weighted by atomic mass is 9.91. The lowest BCUT2D eigenvalue weighted by Crippen LogP contribution is -2.09. The number of aliphatic hydroxyl groups is 1. The summed E-state index contributed by atoms with van der Waals surface area (Å²) in [5, 5.41) is 9.93. The molecule has 0 aliphatic heterocycles. The van der Waals surface area contributed by atoms with Crippen LogP contribution in [0.2, 0.25) is 0 Å². The molecule has 1 aromatic rings. The van der Waals surface area contributed by atoms with Crippen molar-refractivity contribution in [2.75, 3.05) is 0 Å². The van der Waals surface area contributed by atoms with Crippen LogP contribution in [0.1, 0.15) is 36.6 Å². The van der Waals surface area contributed by atoms with Crippen LogP contribution in [-0.4, -0.2) is 5.11 Å². The molecule has 2 heteroatoms. The average Bonchev–Trinajstić information content (AvgIpc) is 2.01. The van der Waals surface area contributed by atoms with Gasteiger partial charge in [0.2, 0.25) is 0 Å². The Morgan fingerprint density at radius 2 is 1.57 bits per heavy atom. The number of aliphatic hydroxyl groups excluding tert-OH is 1. The fourth-order valence-corrected chi connectivity index (χ4v) is 1.72. The number of halogens is 1. The van der Waals surface area contributed by atoms with Gasteiger partial charge in [0.1, 0.15) is 5.82 Å². The summed E-state index contributed by atoms with van der Waals surface area (Å²) in [7, 11) is 0. The Labute approximate surface area is 84.6 Å². The van der Waals surface area contributed by atoms with E-state index in [-0.39, 0.29) is 11.7 Å². The normalized spacial score (nSPS) is 13.4. The van der Waals surface area contributed by atoms with Crippen LogP contribution in [0.5, 0.6) is 0 Å². The molecule has 0 aliphatic rings. The predicted molar refractivity (Wildman–Crippen MR) is 55.7 cm³/mol. The SMILES string of the molecule is Cc1cc(F)cc(C)c1C(O)C(C)C. The summed E-state index contributed by atoms with van der Waals surface area (Å²) in [6, 6.07) is 2.93. The van der Waals surface area contributed by atoms with Crippen LogP contribution in [0.3, 0.4) is 0 Å². The van der Waals surface area contributed by atoms with Crippen LogP contribution in [0.15, 0.2) is 12.1 Å². The summed E-state index contributed by atoms with van der Waals surface area (Å²) in [5.74, 6) is -0.0856. The second-order valence-electron chi connectivity index (χ2n) is 4.14. The van der Waals surface area contributed by atoms with Gasteiger partial charge < -0.3 is 5.11 Å².